The van der Waals surface area contributed by atoms with Gasteiger partial charge in [0.1, 0.15) is 4.75 Å². The quantitative estimate of drug-likeness (QED) is 0.232. The molecular weight excluding hydrogens is 392 g/mol. The Morgan fingerprint density at radius 3 is 2.48 bits per heavy atom. The molecule has 0 spiro atoms. The predicted octanol–water partition coefficient (Wildman–Crippen LogP) is 0.431. The van der Waals surface area contributed by atoms with E-state index >= 15 is 0 Å². The van der Waals surface area contributed by atoms with Gasteiger partial charge in [0, 0.05) is 23.7 Å². The van der Waals surface area contributed by atoms with Crippen LogP contribution in [0.2, 0.25) is 0 Å². The molecule has 1 aliphatic rings. The van der Waals surface area contributed by atoms with Crippen LogP contribution < -0.4 is 10.8 Å². The molecular formula is C21H24N2O5S. The van der Waals surface area contributed by atoms with E-state index in [1.165, 1.54) is 11.7 Å². The Morgan fingerprint density at radius 2 is 1.97 bits per heavy atom. The number of hydroxylamine groups is 1. The van der Waals surface area contributed by atoms with E-state index < -0.39 is 33.8 Å². The van der Waals surface area contributed by atoms with E-state index in [2.05, 4.69) is 29.0 Å². The average molecular weight is 416 g/mol. The summed E-state index contributed by atoms with van der Waals surface area (Å²) in [5.74, 6) is 10.5. The molecule has 1 aliphatic carbocycles. The van der Waals surface area contributed by atoms with Gasteiger partial charge in [0.15, 0.2) is 6.04 Å². The summed E-state index contributed by atoms with van der Waals surface area (Å²) in [5.41, 5.74) is 2.47. The molecule has 2 amide bonds. The minimum absolute atomic E-state index is 0.155. The fourth-order valence-electron chi connectivity index (χ4n) is 2.56. The van der Waals surface area contributed by atoms with Gasteiger partial charge in [-0.3, -0.25) is 14.8 Å². The molecule has 0 heterocycles. The number of aliphatic hydroxyl groups is 1. The molecule has 1 aromatic carbocycles. The standard InChI is InChI=1S/C21H24N2O5S/c1-21(2,29(3)28)18(20(26)23-27)22-19(25)15-10-8-14(9-11-15)6-4-5-7-16-12-17(16)13-24/h8-11,16-18,24,27H,12-13H2,1-3H3,(H,22,25)(H,23,26)/t16-,17+,18+,29?/m0/s1. The van der Waals surface area contributed by atoms with Crippen LogP contribution in [0, 0.1) is 35.5 Å². The van der Waals surface area contributed by atoms with Crippen molar-refractivity contribution in [1.29, 1.82) is 0 Å². The Labute approximate surface area is 173 Å². The summed E-state index contributed by atoms with van der Waals surface area (Å²) in [6, 6.07) is 5.23. The van der Waals surface area contributed by atoms with Crippen LogP contribution in [0.3, 0.4) is 0 Å². The molecule has 1 aromatic rings. The zero-order valence-electron chi connectivity index (χ0n) is 16.5. The number of amides is 2. The second-order valence-electron chi connectivity index (χ2n) is 7.32. The number of rotatable bonds is 6. The molecule has 7 nitrogen and oxygen atoms in total. The highest BCUT2D eigenvalue weighted by atomic mass is 32.2. The van der Waals surface area contributed by atoms with Gasteiger partial charge in [-0.25, -0.2) is 5.48 Å². The van der Waals surface area contributed by atoms with Gasteiger partial charge >= 0.3 is 0 Å². The van der Waals surface area contributed by atoms with Crippen molar-refractivity contribution < 1.29 is 24.5 Å². The largest absolute Gasteiger partial charge is 0.616 e. The van der Waals surface area contributed by atoms with E-state index in [1.807, 2.05) is 0 Å². The lowest BCUT2D eigenvalue weighted by molar-refractivity contribution is -0.131. The second-order valence-corrected chi connectivity index (χ2v) is 9.28. The molecule has 29 heavy (non-hydrogen) atoms. The van der Waals surface area contributed by atoms with Crippen molar-refractivity contribution in [2.45, 2.75) is 31.1 Å². The Bertz CT molecular complexity index is 874. The van der Waals surface area contributed by atoms with E-state index in [0.717, 1.165) is 6.42 Å². The molecule has 154 valence electrons. The van der Waals surface area contributed by atoms with Gasteiger partial charge in [-0.15, -0.1) is 0 Å². The number of hydrogen-bond acceptors (Lipinski definition) is 5. The van der Waals surface area contributed by atoms with Crippen molar-refractivity contribution in [3.05, 3.63) is 35.4 Å². The Kier molecular flexibility index (Phi) is 7.72. The maximum Gasteiger partial charge on any atom is 0.271 e. The minimum Gasteiger partial charge on any atom is -0.616 e. The average Bonchev–Trinajstić information content (AvgIpc) is 3.47. The van der Waals surface area contributed by atoms with Gasteiger partial charge in [-0.1, -0.05) is 11.8 Å². The fraction of sp³-hybridized carbons (Fsp3) is 0.429. The number of carbonyl (C=O) groups excluding carboxylic acids is 2. The normalized spacial score (nSPS) is 19.5. The Balaban J connectivity index is 2.05. The zero-order valence-corrected chi connectivity index (χ0v) is 17.3. The topological polar surface area (TPSA) is 122 Å². The molecule has 2 rings (SSSR count). The van der Waals surface area contributed by atoms with Crippen LogP contribution in [-0.2, 0) is 16.0 Å². The first-order chi connectivity index (χ1) is 13.7. The summed E-state index contributed by atoms with van der Waals surface area (Å²) in [6.07, 6.45) is 2.33. The number of aliphatic hydroxyl groups excluding tert-OH is 1. The Hall–Kier alpha value is -2.49. The summed E-state index contributed by atoms with van der Waals surface area (Å²) in [4.78, 5) is 24.5. The van der Waals surface area contributed by atoms with Crippen LogP contribution >= 0.6 is 0 Å². The van der Waals surface area contributed by atoms with E-state index in [4.69, 9.17) is 10.3 Å². The third-order valence-electron chi connectivity index (χ3n) is 4.91. The molecule has 1 fully saturated rings. The molecule has 1 unspecified atom stereocenters. The highest BCUT2D eigenvalue weighted by Gasteiger charge is 2.44. The molecule has 8 heteroatoms. The molecule has 0 aliphatic heterocycles. The molecule has 0 radical (unpaired) electrons. The van der Waals surface area contributed by atoms with Crippen LogP contribution in [-0.4, -0.2) is 50.3 Å². The predicted molar refractivity (Wildman–Crippen MR) is 109 cm³/mol. The van der Waals surface area contributed by atoms with E-state index in [0.29, 0.717) is 11.1 Å². The van der Waals surface area contributed by atoms with E-state index in [9.17, 15) is 14.1 Å². The SMILES string of the molecule is C[S+]([O-])C(C)(C)[C@H](NC(=O)c1ccc(C#CC#C[C@H]2C[C@@H]2CO)cc1)C(=O)NO. The molecule has 4 atom stereocenters. The van der Waals surface area contributed by atoms with Crippen LogP contribution in [0.15, 0.2) is 24.3 Å². The maximum atomic E-state index is 12.5. The lowest BCUT2D eigenvalue weighted by Gasteiger charge is -2.33. The smallest absolute Gasteiger partial charge is 0.271 e. The number of benzene rings is 1. The van der Waals surface area contributed by atoms with Crippen molar-refractivity contribution in [2.75, 3.05) is 12.9 Å². The van der Waals surface area contributed by atoms with Crippen molar-refractivity contribution in [1.82, 2.24) is 10.8 Å². The third-order valence-corrected chi connectivity index (χ3v) is 6.63. The van der Waals surface area contributed by atoms with Gasteiger partial charge in [-0.2, -0.15) is 0 Å². The first-order valence-electron chi connectivity index (χ1n) is 9.01. The second kappa shape index (κ2) is 9.82. The monoisotopic (exact) mass is 416 g/mol. The van der Waals surface area contributed by atoms with Crippen molar-refractivity contribution >= 4 is 23.0 Å². The highest BCUT2D eigenvalue weighted by molar-refractivity contribution is 7.92. The summed E-state index contributed by atoms with van der Waals surface area (Å²) < 4.78 is 10.9. The van der Waals surface area contributed by atoms with Crippen molar-refractivity contribution in [3.8, 4) is 23.7 Å². The van der Waals surface area contributed by atoms with Gasteiger partial charge in [0.05, 0.1) is 6.26 Å². The first-order valence-corrected chi connectivity index (χ1v) is 10.6. The van der Waals surface area contributed by atoms with Crippen LogP contribution in [0.5, 0.6) is 0 Å². The molecule has 0 bridgehead atoms. The van der Waals surface area contributed by atoms with Crippen LogP contribution in [0.25, 0.3) is 0 Å². The van der Waals surface area contributed by atoms with Crippen molar-refractivity contribution in [2.24, 2.45) is 11.8 Å². The number of hydrogen-bond donors (Lipinski definition) is 4. The summed E-state index contributed by atoms with van der Waals surface area (Å²) in [6.45, 7) is 3.28. The van der Waals surface area contributed by atoms with E-state index in [-0.39, 0.29) is 18.4 Å². The third kappa shape index (κ3) is 5.99. The molecule has 0 saturated heterocycles. The molecule has 0 aromatic heterocycles. The molecule has 1 saturated carbocycles. The Morgan fingerprint density at radius 1 is 1.31 bits per heavy atom. The van der Waals surface area contributed by atoms with E-state index in [1.54, 1.807) is 38.1 Å². The number of carbonyl (C=O) groups is 2. The van der Waals surface area contributed by atoms with Crippen molar-refractivity contribution in [3.63, 3.8) is 0 Å². The lowest BCUT2D eigenvalue weighted by Crippen LogP contribution is -2.60. The summed E-state index contributed by atoms with van der Waals surface area (Å²) >= 11 is -1.44. The van der Waals surface area contributed by atoms with Gasteiger partial charge in [0.2, 0.25) is 0 Å². The minimum atomic E-state index is -1.44. The number of nitrogens with one attached hydrogen (secondary N) is 2. The van der Waals surface area contributed by atoms with Gasteiger partial charge in [-0.05, 0) is 73.5 Å². The fourth-order valence-corrected chi connectivity index (χ4v) is 3.06. The molecule has 4 N–H and O–H groups in total. The lowest BCUT2D eigenvalue weighted by atomic mass is 10.0. The highest BCUT2D eigenvalue weighted by Crippen LogP contribution is 2.36. The zero-order chi connectivity index (χ0) is 21.6. The first kappa shape index (κ1) is 22.8. The summed E-state index contributed by atoms with van der Waals surface area (Å²) in [7, 11) is 0. The summed E-state index contributed by atoms with van der Waals surface area (Å²) in [5, 5.41) is 20.4. The van der Waals surface area contributed by atoms with Gasteiger partial charge < -0.3 is 15.0 Å². The van der Waals surface area contributed by atoms with Crippen LogP contribution in [0.4, 0.5) is 0 Å². The van der Waals surface area contributed by atoms with Gasteiger partial charge in [0.25, 0.3) is 11.8 Å². The maximum absolute atomic E-state index is 12.5. The van der Waals surface area contributed by atoms with Crippen LogP contribution in [0.1, 0.15) is 36.2 Å².